The van der Waals surface area contributed by atoms with Gasteiger partial charge in [0.25, 0.3) is 0 Å². The van der Waals surface area contributed by atoms with Gasteiger partial charge in [-0.15, -0.1) is 0 Å². The number of hydrogen-bond acceptors (Lipinski definition) is 5. The van der Waals surface area contributed by atoms with Crippen LogP contribution in [-0.4, -0.2) is 36.1 Å². The van der Waals surface area contributed by atoms with E-state index in [1.54, 1.807) is 0 Å². The average molecular weight is 380 g/mol. The summed E-state index contributed by atoms with van der Waals surface area (Å²) in [4.78, 5) is 18.4. The summed E-state index contributed by atoms with van der Waals surface area (Å²) in [5.74, 6) is 2.69. The first-order valence-electron chi connectivity index (χ1n) is 11.3. The minimum atomic E-state index is 0.112. The third-order valence-corrected chi connectivity index (χ3v) is 7.73. The van der Waals surface area contributed by atoms with Crippen molar-refractivity contribution in [2.24, 2.45) is 29.6 Å². The minimum Gasteiger partial charge on any atom is -0.396 e. The van der Waals surface area contributed by atoms with Crippen LogP contribution in [0.5, 0.6) is 0 Å². The Kier molecular flexibility index (Phi) is 6.37. The monoisotopic (exact) mass is 379 g/mol. The number of carbonyl (C=O) groups excluding carboxylic acids is 1. The van der Waals surface area contributed by atoms with Gasteiger partial charge in [0, 0.05) is 18.6 Å². The Bertz CT molecular complexity index is 517. The van der Waals surface area contributed by atoms with E-state index >= 15 is 0 Å². The summed E-state index contributed by atoms with van der Waals surface area (Å²) in [6.45, 7) is 2.36. The Balaban J connectivity index is 1.27. The van der Waals surface area contributed by atoms with Gasteiger partial charge < -0.3 is 10.4 Å². The molecule has 1 heterocycles. The lowest BCUT2D eigenvalue weighted by molar-refractivity contribution is -0.127. The molecule has 4 N–H and O–H groups in total. The molecule has 0 aromatic rings. The highest BCUT2D eigenvalue weighted by Gasteiger charge is 2.44. The molecule has 1 amide bonds. The second-order valence-corrected chi connectivity index (χ2v) is 9.38. The smallest absolute Gasteiger partial charge is 0.223 e. The second-order valence-electron chi connectivity index (χ2n) is 9.38. The highest BCUT2D eigenvalue weighted by atomic mass is 16.7. The molecule has 1 aliphatic heterocycles. The molecular formula is C21H37N3O3. The molecule has 7 unspecified atom stereocenters. The van der Waals surface area contributed by atoms with Crippen molar-refractivity contribution in [2.75, 3.05) is 6.61 Å². The van der Waals surface area contributed by atoms with Gasteiger partial charge in [0.1, 0.15) is 6.23 Å². The maximum Gasteiger partial charge on any atom is 0.223 e. The van der Waals surface area contributed by atoms with Gasteiger partial charge in [-0.05, 0) is 81.5 Å². The molecular weight excluding hydrogens is 342 g/mol. The number of rotatable bonds is 5. The third kappa shape index (κ3) is 4.34. The van der Waals surface area contributed by atoms with Gasteiger partial charge >= 0.3 is 0 Å². The van der Waals surface area contributed by atoms with Crippen LogP contribution < -0.4 is 16.1 Å². The molecule has 0 radical (unpaired) electrons. The molecule has 6 nitrogen and oxygen atoms in total. The molecule has 1 saturated heterocycles. The van der Waals surface area contributed by atoms with Crippen LogP contribution in [0, 0.1) is 29.6 Å². The average Bonchev–Trinajstić information content (AvgIpc) is 3.35. The summed E-state index contributed by atoms with van der Waals surface area (Å²) in [7, 11) is 0. The fraction of sp³-hybridized carbons (Fsp3) is 0.952. The molecule has 0 spiro atoms. The molecule has 4 fully saturated rings. The molecule has 6 heteroatoms. The van der Waals surface area contributed by atoms with Gasteiger partial charge in [0.05, 0.1) is 6.17 Å². The van der Waals surface area contributed by atoms with Crippen LogP contribution in [0.15, 0.2) is 0 Å². The topological polar surface area (TPSA) is 82.6 Å². The minimum absolute atomic E-state index is 0.112. The van der Waals surface area contributed by atoms with Crippen LogP contribution in [-0.2, 0) is 9.63 Å². The summed E-state index contributed by atoms with van der Waals surface area (Å²) < 4.78 is 0. The standard InChI is InChI=1S/C21H37N3O3/c1-2-19-23-20(24-27-19)15-6-8-17-14(11-15)7-9-18(17)22-21(26)16-5-3-4-13(10-16)12-25/h13-20,23-25H,2-12H2,1H3,(H,22,26)/t13?,14?,15?,16?,17?,18-,19?,20?/m1/s1. The molecule has 3 aliphatic carbocycles. The van der Waals surface area contributed by atoms with Crippen LogP contribution in [0.4, 0.5) is 0 Å². The van der Waals surface area contributed by atoms with Crippen molar-refractivity contribution in [1.82, 2.24) is 16.1 Å². The fourth-order valence-corrected chi connectivity index (χ4v) is 6.13. The van der Waals surface area contributed by atoms with E-state index in [0.29, 0.717) is 23.8 Å². The first-order valence-corrected chi connectivity index (χ1v) is 11.3. The summed E-state index contributed by atoms with van der Waals surface area (Å²) in [5.41, 5.74) is 3.20. The first-order chi connectivity index (χ1) is 13.2. The summed E-state index contributed by atoms with van der Waals surface area (Å²) in [6.07, 6.45) is 11.4. The van der Waals surface area contributed by atoms with Crippen molar-refractivity contribution in [3.05, 3.63) is 0 Å². The normalized spacial score (nSPS) is 44.8. The van der Waals surface area contributed by atoms with Crippen molar-refractivity contribution >= 4 is 5.91 Å². The van der Waals surface area contributed by atoms with E-state index in [-0.39, 0.29) is 30.8 Å². The van der Waals surface area contributed by atoms with E-state index in [1.165, 1.54) is 25.7 Å². The van der Waals surface area contributed by atoms with E-state index in [4.69, 9.17) is 4.84 Å². The van der Waals surface area contributed by atoms with Gasteiger partial charge in [-0.2, -0.15) is 5.48 Å². The number of fused-ring (bicyclic) bond motifs is 1. The number of hydrogen-bond donors (Lipinski definition) is 4. The molecule has 27 heavy (non-hydrogen) atoms. The maximum absolute atomic E-state index is 12.8. The summed E-state index contributed by atoms with van der Waals surface area (Å²) in [5, 5.41) is 16.4. The SMILES string of the molecule is CCC1NC(C2CCC3C(CC[C@H]3NC(=O)C3CCCC(CO)C3)C2)NO1. The Labute approximate surface area is 163 Å². The van der Waals surface area contributed by atoms with E-state index in [9.17, 15) is 9.90 Å². The van der Waals surface area contributed by atoms with E-state index in [2.05, 4.69) is 23.0 Å². The molecule has 4 aliphatic rings. The number of nitrogens with one attached hydrogen (secondary N) is 3. The molecule has 3 saturated carbocycles. The van der Waals surface area contributed by atoms with Crippen molar-refractivity contribution in [3.63, 3.8) is 0 Å². The van der Waals surface area contributed by atoms with Crippen molar-refractivity contribution in [3.8, 4) is 0 Å². The van der Waals surface area contributed by atoms with Gasteiger partial charge in [-0.1, -0.05) is 13.3 Å². The zero-order valence-electron chi connectivity index (χ0n) is 16.7. The van der Waals surface area contributed by atoms with E-state index < -0.39 is 0 Å². The second kappa shape index (κ2) is 8.76. The Morgan fingerprint density at radius 3 is 2.74 bits per heavy atom. The van der Waals surface area contributed by atoms with Gasteiger partial charge in [-0.3, -0.25) is 14.9 Å². The number of amides is 1. The van der Waals surface area contributed by atoms with Gasteiger partial charge in [0.15, 0.2) is 0 Å². The Hall–Kier alpha value is -0.690. The molecule has 4 rings (SSSR count). The number of aliphatic hydroxyl groups excluding tert-OH is 1. The van der Waals surface area contributed by atoms with Crippen molar-refractivity contribution in [1.29, 1.82) is 0 Å². The van der Waals surface area contributed by atoms with Crippen LogP contribution in [0.25, 0.3) is 0 Å². The molecule has 0 aromatic carbocycles. The predicted octanol–water partition coefficient (Wildman–Crippen LogP) is 2.28. The zero-order valence-corrected chi connectivity index (χ0v) is 16.7. The van der Waals surface area contributed by atoms with Gasteiger partial charge in [-0.25, -0.2) is 0 Å². The summed E-state index contributed by atoms with van der Waals surface area (Å²) in [6, 6.07) is 0.363. The lowest BCUT2D eigenvalue weighted by atomic mass is 9.73. The first kappa shape index (κ1) is 19.6. The zero-order chi connectivity index (χ0) is 18.8. The van der Waals surface area contributed by atoms with Crippen LogP contribution in [0.3, 0.4) is 0 Å². The maximum atomic E-state index is 12.8. The lowest BCUT2D eigenvalue weighted by Gasteiger charge is -2.37. The van der Waals surface area contributed by atoms with Crippen LogP contribution in [0.1, 0.15) is 71.1 Å². The molecule has 0 aromatic heterocycles. The highest BCUT2D eigenvalue weighted by Crippen LogP contribution is 2.45. The number of hydroxylamine groups is 1. The largest absolute Gasteiger partial charge is 0.396 e. The lowest BCUT2D eigenvalue weighted by Crippen LogP contribution is -2.46. The molecule has 8 atom stereocenters. The Morgan fingerprint density at radius 1 is 1.11 bits per heavy atom. The highest BCUT2D eigenvalue weighted by molar-refractivity contribution is 5.79. The van der Waals surface area contributed by atoms with Crippen molar-refractivity contribution < 1.29 is 14.7 Å². The van der Waals surface area contributed by atoms with Crippen LogP contribution >= 0.6 is 0 Å². The summed E-state index contributed by atoms with van der Waals surface area (Å²) >= 11 is 0. The van der Waals surface area contributed by atoms with Crippen LogP contribution in [0.2, 0.25) is 0 Å². The molecule has 154 valence electrons. The van der Waals surface area contributed by atoms with E-state index in [0.717, 1.165) is 44.4 Å². The molecule has 0 bridgehead atoms. The number of carbonyl (C=O) groups is 1. The quantitative estimate of drug-likeness (QED) is 0.589. The number of aliphatic hydroxyl groups is 1. The van der Waals surface area contributed by atoms with Crippen molar-refractivity contribution in [2.45, 2.75) is 89.6 Å². The van der Waals surface area contributed by atoms with Gasteiger partial charge in [0.2, 0.25) is 5.91 Å². The predicted molar refractivity (Wildman–Crippen MR) is 103 cm³/mol. The fourth-order valence-electron chi connectivity index (χ4n) is 6.13. The Morgan fingerprint density at radius 2 is 1.96 bits per heavy atom. The van der Waals surface area contributed by atoms with E-state index in [1.807, 2.05) is 0 Å². The third-order valence-electron chi connectivity index (χ3n) is 7.73.